The van der Waals surface area contributed by atoms with Crippen molar-refractivity contribution in [3.63, 3.8) is 0 Å². The number of ether oxygens (including phenoxy) is 1. The number of hydrogen-bond acceptors (Lipinski definition) is 3. The number of amides is 2. The van der Waals surface area contributed by atoms with E-state index in [2.05, 4.69) is 21.2 Å². The SMILES string of the molecule is COc1ccccc1CCNC(=O)C1CC(=O)N(c2ccc(Br)c(C)c2)C1. The van der Waals surface area contributed by atoms with E-state index < -0.39 is 0 Å². The van der Waals surface area contributed by atoms with E-state index in [1.54, 1.807) is 12.0 Å². The highest BCUT2D eigenvalue weighted by Crippen LogP contribution is 2.28. The van der Waals surface area contributed by atoms with Crippen molar-refractivity contribution in [1.29, 1.82) is 0 Å². The smallest absolute Gasteiger partial charge is 0.227 e. The summed E-state index contributed by atoms with van der Waals surface area (Å²) in [6.07, 6.45) is 0.932. The minimum Gasteiger partial charge on any atom is -0.496 e. The number of halogens is 1. The van der Waals surface area contributed by atoms with Crippen molar-refractivity contribution < 1.29 is 14.3 Å². The van der Waals surface area contributed by atoms with Crippen LogP contribution in [0.5, 0.6) is 5.75 Å². The quantitative estimate of drug-likeness (QED) is 0.762. The minimum absolute atomic E-state index is 0.0124. The molecule has 1 saturated heterocycles. The zero-order valence-electron chi connectivity index (χ0n) is 15.5. The number of rotatable bonds is 6. The largest absolute Gasteiger partial charge is 0.496 e. The average molecular weight is 431 g/mol. The molecule has 0 aromatic heterocycles. The van der Waals surface area contributed by atoms with E-state index in [4.69, 9.17) is 4.74 Å². The fraction of sp³-hybridized carbons (Fsp3) is 0.333. The summed E-state index contributed by atoms with van der Waals surface area (Å²) in [4.78, 5) is 26.6. The number of anilines is 1. The Hall–Kier alpha value is -2.34. The van der Waals surface area contributed by atoms with Crippen LogP contribution in [0.25, 0.3) is 0 Å². The molecule has 1 aliphatic rings. The van der Waals surface area contributed by atoms with E-state index in [-0.39, 0.29) is 24.2 Å². The third-order valence-electron chi connectivity index (χ3n) is 4.84. The van der Waals surface area contributed by atoms with E-state index in [1.165, 1.54) is 0 Å². The molecule has 1 N–H and O–H groups in total. The topological polar surface area (TPSA) is 58.6 Å². The molecule has 1 aliphatic heterocycles. The van der Waals surface area contributed by atoms with Crippen LogP contribution in [0.3, 0.4) is 0 Å². The standard InChI is InChI=1S/C21H23BrN2O3/c1-14-11-17(7-8-18(14)22)24-13-16(12-20(24)25)21(26)23-10-9-15-5-3-4-6-19(15)27-2/h3-8,11,16H,9-10,12-13H2,1-2H3,(H,23,26). The molecule has 1 heterocycles. The summed E-state index contributed by atoms with van der Waals surface area (Å²) in [6.45, 7) is 2.91. The molecular formula is C21H23BrN2O3. The zero-order chi connectivity index (χ0) is 19.4. The molecule has 5 nitrogen and oxygen atoms in total. The van der Waals surface area contributed by atoms with Crippen molar-refractivity contribution in [2.45, 2.75) is 19.8 Å². The number of nitrogens with zero attached hydrogens (tertiary/aromatic N) is 1. The summed E-state index contributed by atoms with van der Waals surface area (Å²) in [5.74, 6) is 0.412. The van der Waals surface area contributed by atoms with E-state index in [0.29, 0.717) is 19.5 Å². The third-order valence-corrected chi connectivity index (χ3v) is 5.72. The minimum atomic E-state index is -0.320. The Morgan fingerprint density at radius 3 is 2.81 bits per heavy atom. The van der Waals surface area contributed by atoms with Crippen LogP contribution in [0.1, 0.15) is 17.5 Å². The molecule has 1 atom stereocenters. The normalized spacial score (nSPS) is 16.5. The van der Waals surface area contributed by atoms with Gasteiger partial charge in [0.25, 0.3) is 0 Å². The van der Waals surface area contributed by atoms with Crippen molar-refractivity contribution in [3.8, 4) is 5.75 Å². The molecule has 2 aromatic rings. The highest BCUT2D eigenvalue weighted by atomic mass is 79.9. The van der Waals surface area contributed by atoms with Gasteiger partial charge in [-0.05, 0) is 48.7 Å². The van der Waals surface area contributed by atoms with Crippen LogP contribution in [0.2, 0.25) is 0 Å². The number of carbonyl (C=O) groups is 2. The fourth-order valence-electron chi connectivity index (χ4n) is 3.30. The number of para-hydroxylation sites is 1. The van der Waals surface area contributed by atoms with Crippen molar-refractivity contribution in [2.75, 3.05) is 25.1 Å². The highest BCUT2D eigenvalue weighted by molar-refractivity contribution is 9.10. The van der Waals surface area contributed by atoms with Crippen molar-refractivity contribution in [3.05, 3.63) is 58.1 Å². The maximum Gasteiger partial charge on any atom is 0.227 e. The zero-order valence-corrected chi connectivity index (χ0v) is 17.1. The van der Waals surface area contributed by atoms with Gasteiger partial charge < -0.3 is 15.0 Å². The number of hydrogen-bond donors (Lipinski definition) is 1. The van der Waals surface area contributed by atoms with Gasteiger partial charge in [0.15, 0.2) is 0 Å². The van der Waals surface area contributed by atoms with E-state index in [1.807, 2.05) is 49.4 Å². The first kappa shape index (κ1) is 19.4. The maximum absolute atomic E-state index is 12.5. The molecule has 2 amide bonds. The molecule has 2 aromatic carbocycles. The average Bonchev–Trinajstić information content (AvgIpc) is 3.06. The van der Waals surface area contributed by atoms with Gasteiger partial charge in [0.05, 0.1) is 13.0 Å². The molecule has 0 saturated carbocycles. The highest BCUT2D eigenvalue weighted by Gasteiger charge is 2.35. The van der Waals surface area contributed by atoms with Gasteiger partial charge in [-0.1, -0.05) is 34.1 Å². The number of methoxy groups -OCH3 is 1. The predicted molar refractivity (Wildman–Crippen MR) is 109 cm³/mol. The molecule has 1 fully saturated rings. The van der Waals surface area contributed by atoms with Crippen molar-refractivity contribution >= 4 is 33.4 Å². The fourth-order valence-corrected chi connectivity index (χ4v) is 3.55. The Bertz CT molecular complexity index is 853. The van der Waals surface area contributed by atoms with Gasteiger partial charge in [-0.25, -0.2) is 0 Å². The van der Waals surface area contributed by atoms with Gasteiger partial charge >= 0.3 is 0 Å². The predicted octanol–water partition coefficient (Wildman–Crippen LogP) is 3.48. The lowest BCUT2D eigenvalue weighted by atomic mass is 10.1. The van der Waals surface area contributed by atoms with Gasteiger partial charge in [-0.15, -0.1) is 0 Å². The lowest BCUT2D eigenvalue weighted by Crippen LogP contribution is -2.34. The molecule has 142 valence electrons. The maximum atomic E-state index is 12.5. The first-order valence-corrected chi connectivity index (χ1v) is 9.75. The number of carbonyl (C=O) groups excluding carboxylic acids is 2. The second-order valence-electron chi connectivity index (χ2n) is 6.69. The van der Waals surface area contributed by atoms with Crippen LogP contribution in [0.15, 0.2) is 46.9 Å². The number of nitrogens with one attached hydrogen (secondary N) is 1. The Balaban J connectivity index is 1.56. The Morgan fingerprint density at radius 2 is 2.07 bits per heavy atom. The molecule has 27 heavy (non-hydrogen) atoms. The van der Waals surface area contributed by atoms with Gasteiger partial charge in [0, 0.05) is 29.7 Å². The van der Waals surface area contributed by atoms with Crippen LogP contribution in [-0.2, 0) is 16.0 Å². The first-order valence-electron chi connectivity index (χ1n) is 8.95. The van der Waals surface area contributed by atoms with Crippen LogP contribution in [0, 0.1) is 12.8 Å². The molecule has 0 radical (unpaired) electrons. The Morgan fingerprint density at radius 1 is 1.30 bits per heavy atom. The van der Waals surface area contributed by atoms with Gasteiger partial charge in [0.2, 0.25) is 11.8 Å². The Kier molecular flexibility index (Phi) is 6.16. The van der Waals surface area contributed by atoms with Gasteiger partial charge in [-0.2, -0.15) is 0 Å². The van der Waals surface area contributed by atoms with E-state index >= 15 is 0 Å². The van der Waals surface area contributed by atoms with Crippen LogP contribution in [0.4, 0.5) is 5.69 Å². The molecule has 0 aliphatic carbocycles. The molecule has 3 rings (SSSR count). The Labute approximate surface area is 167 Å². The number of aryl methyl sites for hydroxylation is 1. The van der Waals surface area contributed by atoms with Crippen LogP contribution < -0.4 is 15.0 Å². The molecule has 1 unspecified atom stereocenters. The van der Waals surface area contributed by atoms with Crippen molar-refractivity contribution in [2.24, 2.45) is 5.92 Å². The van der Waals surface area contributed by atoms with E-state index in [9.17, 15) is 9.59 Å². The van der Waals surface area contributed by atoms with Gasteiger partial charge in [-0.3, -0.25) is 9.59 Å². The summed E-state index contributed by atoms with van der Waals surface area (Å²) in [5, 5.41) is 2.96. The summed E-state index contributed by atoms with van der Waals surface area (Å²) in [5.41, 5.74) is 2.95. The molecule has 0 bridgehead atoms. The summed E-state index contributed by atoms with van der Waals surface area (Å²) < 4.78 is 6.33. The third kappa shape index (κ3) is 4.50. The first-order chi connectivity index (χ1) is 13.0. The number of benzene rings is 2. The molecular weight excluding hydrogens is 408 g/mol. The van der Waals surface area contributed by atoms with Crippen LogP contribution >= 0.6 is 15.9 Å². The lowest BCUT2D eigenvalue weighted by molar-refractivity contribution is -0.126. The van der Waals surface area contributed by atoms with E-state index in [0.717, 1.165) is 27.0 Å². The summed E-state index contributed by atoms with van der Waals surface area (Å²) >= 11 is 3.47. The second-order valence-corrected chi connectivity index (χ2v) is 7.55. The van der Waals surface area contributed by atoms with Crippen molar-refractivity contribution in [1.82, 2.24) is 5.32 Å². The molecule has 6 heteroatoms. The lowest BCUT2D eigenvalue weighted by Gasteiger charge is -2.18. The second kappa shape index (κ2) is 8.57. The summed E-state index contributed by atoms with van der Waals surface area (Å²) in [6, 6.07) is 13.6. The monoisotopic (exact) mass is 430 g/mol. The van der Waals surface area contributed by atoms with Crippen LogP contribution in [-0.4, -0.2) is 32.0 Å². The van der Waals surface area contributed by atoms with Gasteiger partial charge in [0.1, 0.15) is 5.75 Å². The summed E-state index contributed by atoms with van der Waals surface area (Å²) in [7, 11) is 1.64. The molecule has 0 spiro atoms.